The molecule has 2 amide bonds. The number of carbonyl (C=O) groups is 3. The number of anilines is 1. The predicted molar refractivity (Wildman–Crippen MR) is 145 cm³/mol. The number of alkyl halides is 1. The van der Waals surface area contributed by atoms with Crippen molar-refractivity contribution >= 4 is 51.0 Å². The highest BCUT2D eigenvalue weighted by molar-refractivity contribution is 9.09. The summed E-state index contributed by atoms with van der Waals surface area (Å²) in [5.41, 5.74) is 0.843. The van der Waals surface area contributed by atoms with Gasteiger partial charge < -0.3 is 24.8 Å². The number of esters is 1. The number of amides is 2. The second-order valence-electron chi connectivity index (χ2n) is 10.1. The molecule has 2 aromatic carbocycles. The monoisotopic (exact) mass is 604 g/mol. The van der Waals surface area contributed by atoms with Crippen molar-refractivity contribution in [3.05, 3.63) is 64.7 Å². The molecular formula is C28H30BrClN2O6. The van der Waals surface area contributed by atoms with Crippen molar-refractivity contribution in [1.29, 1.82) is 0 Å². The Kier molecular flexibility index (Phi) is 7.57. The van der Waals surface area contributed by atoms with E-state index in [0.29, 0.717) is 23.6 Å². The second-order valence-corrected chi connectivity index (χ2v) is 11.7. The van der Waals surface area contributed by atoms with E-state index in [0.717, 1.165) is 11.1 Å². The molecule has 5 rings (SSSR count). The standard InChI is InChI=1S/C28H30BrClN2O6/c1-3-37-27(36)20-21-26(35)32(17(14-33)12-16-9-5-4-6-10-16)24(28(21)13-18(29)23(20)38-28)25(34)31-22-15(2)8-7-11-19(22)30/h4-11,17-18,20-21,23-24,33H,3,12-14H2,1-2H3,(H,31,34)/t17-,18?,20+,21+,23+,24?,28?/m1/s1. The Labute approximate surface area is 234 Å². The molecule has 202 valence electrons. The van der Waals surface area contributed by atoms with Crippen LogP contribution < -0.4 is 5.32 Å². The largest absolute Gasteiger partial charge is 0.466 e. The van der Waals surface area contributed by atoms with Crippen molar-refractivity contribution in [3.63, 3.8) is 0 Å². The summed E-state index contributed by atoms with van der Waals surface area (Å²) in [6, 6.07) is 12.9. The first kappa shape index (κ1) is 27.1. The summed E-state index contributed by atoms with van der Waals surface area (Å²) in [7, 11) is 0. The van der Waals surface area contributed by atoms with Gasteiger partial charge in [0.2, 0.25) is 11.8 Å². The molecule has 1 spiro atoms. The fourth-order valence-corrected chi connectivity index (χ4v) is 7.60. The summed E-state index contributed by atoms with van der Waals surface area (Å²) in [5, 5.41) is 13.8. The van der Waals surface area contributed by atoms with E-state index in [2.05, 4.69) is 21.2 Å². The number of aliphatic hydroxyl groups excluding tert-OH is 1. The van der Waals surface area contributed by atoms with Gasteiger partial charge in [0.1, 0.15) is 11.6 Å². The van der Waals surface area contributed by atoms with Gasteiger partial charge in [-0.25, -0.2) is 0 Å². The first-order chi connectivity index (χ1) is 18.2. The lowest BCUT2D eigenvalue weighted by atomic mass is 9.70. The number of para-hydroxylation sites is 1. The summed E-state index contributed by atoms with van der Waals surface area (Å²) in [6.07, 6.45) is 0.0689. The SMILES string of the molecule is CCOC(=O)[C@H]1[C@H]2C(=O)N([C@@H](CO)Cc3ccccc3)C(C(=O)Nc3c(C)cccc3Cl)C23CC(Br)[C@@H]1O3. The molecule has 0 aliphatic carbocycles. The van der Waals surface area contributed by atoms with Gasteiger partial charge in [0.05, 0.1) is 47.9 Å². The molecule has 3 aliphatic rings. The lowest BCUT2D eigenvalue weighted by molar-refractivity contribution is -0.155. The van der Waals surface area contributed by atoms with Crippen LogP contribution in [0.25, 0.3) is 0 Å². The number of nitrogens with zero attached hydrogens (tertiary/aromatic N) is 1. The van der Waals surface area contributed by atoms with E-state index in [9.17, 15) is 19.5 Å². The highest BCUT2D eigenvalue weighted by Crippen LogP contribution is 2.60. The van der Waals surface area contributed by atoms with E-state index in [1.54, 1.807) is 19.1 Å². The predicted octanol–water partition coefficient (Wildman–Crippen LogP) is 3.50. The van der Waals surface area contributed by atoms with Crippen molar-refractivity contribution in [2.24, 2.45) is 11.8 Å². The fourth-order valence-electron chi connectivity index (χ4n) is 6.39. The molecule has 2 aromatic rings. The third-order valence-electron chi connectivity index (χ3n) is 7.92. The molecule has 3 fully saturated rings. The van der Waals surface area contributed by atoms with Gasteiger partial charge in [-0.1, -0.05) is 70.0 Å². The molecule has 3 heterocycles. The number of aryl methyl sites for hydroxylation is 1. The maximum atomic E-state index is 14.2. The third-order valence-corrected chi connectivity index (χ3v) is 9.08. The van der Waals surface area contributed by atoms with E-state index in [4.69, 9.17) is 21.1 Å². The first-order valence-corrected chi connectivity index (χ1v) is 14.0. The smallest absolute Gasteiger partial charge is 0.312 e. The number of hydrogen-bond acceptors (Lipinski definition) is 6. The van der Waals surface area contributed by atoms with E-state index >= 15 is 0 Å². The number of hydrogen-bond donors (Lipinski definition) is 2. The minimum atomic E-state index is -1.27. The van der Waals surface area contributed by atoms with Gasteiger partial charge in [0.25, 0.3) is 0 Å². The van der Waals surface area contributed by atoms with Crippen LogP contribution >= 0.6 is 27.5 Å². The van der Waals surface area contributed by atoms with Crippen LogP contribution in [0.15, 0.2) is 48.5 Å². The van der Waals surface area contributed by atoms with Crippen LogP contribution in [-0.2, 0) is 30.3 Å². The summed E-state index contributed by atoms with van der Waals surface area (Å²) >= 11 is 10.1. The zero-order valence-electron chi connectivity index (χ0n) is 21.1. The number of ether oxygens (including phenoxy) is 2. The van der Waals surface area contributed by atoms with Gasteiger partial charge >= 0.3 is 5.97 Å². The normalized spacial score (nSPS) is 30.3. The van der Waals surface area contributed by atoms with Gasteiger partial charge in [0.15, 0.2) is 0 Å². The highest BCUT2D eigenvalue weighted by atomic mass is 79.9. The van der Waals surface area contributed by atoms with Crippen molar-refractivity contribution in [1.82, 2.24) is 4.90 Å². The van der Waals surface area contributed by atoms with Crippen LogP contribution in [0, 0.1) is 18.8 Å². The third kappa shape index (κ3) is 4.33. The van der Waals surface area contributed by atoms with E-state index < -0.39 is 53.4 Å². The summed E-state index contributed by atoms with van der Waals surface area (Å²) < 4.78 is 11.8. The Balaban J connectivity index is 1.58. The molecule has 8 nitrogen and oxygen atoms in total. The minimum Gasteiger partial charge on any atom is -0.466 e. The van der Waals surface area contributed by atoms with Gasteiger partial charge in [-0.15, -0.1) is 0 Å². The molecule has 2 N–H and O–H groups in total. The van der Waals surface area contributed by atoms with Crippen LogP contribution in [0.2, 0.25) is 5.02 Å². The quantitative estimate of drug-likeness (QED) is 0.353. The van der Waals surface area contributed by atoms with Gasteiger partial charge in [-0.3, -0.25) is 14.4 Å². The van der Waals surface area contributed by atoms with Gasteiger partial charge in [-0.2, -0.15) is 0 Å². The number of carbonyl (C=O) groups excluding carboxylic acids is 3. The zero-order chi connectivity index (χ0) is 27.2. The van der Waals surface area contributed by atoms with E-state index in [1.807, 2.05) is 43.3 Å². The number of halogens is 2. The number of aliphatic hydroxyl groups is 1. The Bertz CT molecular complexity index is 1220. The molecule has 0 saturated carbocycles. The number of likely N-dealkylation sites (tertiary alicyclic amines) is 1. The van der Waals surface area contributed by atoms with E-state index in [1.165, 1.54) is 4.90 Å². The Morgan fingerprint density at radius 2 is 2.00 bits per heavy atom. The number of rotatable bonds is 8. The topological polar surface area (TPSA) is 105 Å². The zero-order valence-corrected chi connectivity index (χ0v) is 23.4. The van der Waals surface area contributed by atoms with Gasteiger partial charge in [-0.05, 0) is 43.9 Å². The molecule has 7 atom stereocenters. The van der Waals surface area contributed by atoms with E-state index in [-0.39, 0.29) is 18.0 Å². The maximum Gasteiger partial charge on any atom is 0.312 e. The molecule has 3 aliphatic heterocycles. The number of nitrogens with one attached hydrogen (secondary N) is 1. The van der Waals surface area contributed by atoms with Crippen molar-refractivity contribution < 1.29 is 29.0 Å². The number of fused-ring (bicyclic) bond motifs is 1. The average molecular weight is 606 g/mol. The molecule has 3 unspecified atom stereocenters. The van der Waals surface area contributed by atoms with Crippen LogP contribution in [0.5, 0.6) is 0 Å². The Morgan fingerprint density at radius 1 is 1.26 bits per heavy atom. The highest BCUT2D eigenvalue weighted by Gasteiger charge is 2.77. The first-order valence-electron chi connectivity index (χ1n) is 12.7. The molecular weight excluding hydrogens is 576 g/mol. The summed E-state index contributed by atoms with van der Waals surface area (Å²) in [5.74, 6) is -3.16. The van der Waals surface area contributed by atoms with Crippen molar-refractivity contribution in [2.75, 3.05) is 18.5 Å². The lowest BCUT2D eigenvalue weighted by Gasteiger charge is -2.37. The molecule has 2 bridgehead atoms. The average Bonchev–Trinajstić information content (AvgIpc) is 3.49. The molecule has 0 aromatic heterocycles. The van der Waals surface area contributed by atoms with Crippen LogP contribution in [-0.4, -0.2) is 69.6 Å². The lowest BCUT2D eigenvalue weighted by Crippen LogP contribution is -2.57. The summed E-state index contributed by atoms with van der Waals surface area (Å²) in [4.78, 5) is 42.6. The van der Waals surface area contributed by atoms with Crippen molar-refractivity contribution in [2.45, 2.75) is 55.3 Å². The number of benzene rings is 2. The molecule has 0 radical (unpaired) electrons. The molecule has 10 heteroatoms. The van der Waals surface area contributed by atoms with Crippen LogP contribution in [0.1, 0.15) is 24.5 Å². The maximum absolute atomic E-state index is 14.2. The Morgan fingerprint density at radius 3 is 2.66 bits per heavy atom. The second kappa shape index (κ2) is 10.6. The van der Waals surface area contributed by atoms with Gasteiger partial charge in [0, 0.05) is 4.83 Å². The summed E-state index contributed by atoms with van der Waals surface area (Å²) in [6.45, 7) is 3.33. The molecule has 3 saturated heterocycles. The fraction of sp³-hybridized carbons (Fsp3) is 0.464. The molecule has 38 heavy (non-hydrogen) atoms. The van der Waals surface area contributed by atoms with Crippen molar-refractivity contribution in [3.8, 4) is 0 Å². The van der Waals surface area contributed by atoms with Crippen LogP contribution in [0.4, 0.5) is 5.69 Å². The minimum absolute atomic E-state index is 0.162. The van der Waals surface area contributed by atoms with Crippen LogP contribution in [0.3, 0.4) is 0 Å². The Hall–Kier alpha value is -2.46.